The van der Waals surface area contributed by atoms with Crippen LogP contribution in [0, 0.1) is 24.5 Å². The molecule has 4 heteroatoms. The van der Waals surface area contributed by atoms with Crippen molar-refractivity contribution in [2.24, 2.45) is 7.05 Å². The zero-order chi connectivity index (χ0) is 14.8. The number of rotatable bonds is 2. The molecule has 1 heterocycles. The Balaban J connectivity index is 0.00000176. The normalized spacial score (nSPS) is 9.86. The molecule has 3 aromatic rings. The van der Waals surface area contributed by atoms with E-state index in [0.29, 0.717) is 5.56 Å². The van der Waals surface area contributed by atoms with Gasteiger partial charge in [0.2, 0.25) is 0 Å². The van der Waals surface area contributed by atoms with Crippen LogP contribution in [0.25, 0.3) is 22.4 Å². The summed E-state index contributed by atoms with van der Waals surface area (Å²) >= 11 is 0. The fourth-order valence-electron chi connectivity index (χ4n) is 2.38. The Morgan fingerprint density at radius 1 is 1.14 bits per heavy atom. The van der Waals surface area contributed by atoms with Crippen LogP contribution in [-0.2, 0) is 23.8 Å². The van der Waals surface area contributed by atoms with Gasteiger partial charge in [-0.15, -0.1) is 6.20 Å². The summed E-state index contributed by atoms with van der Waals surface area (Å²) in [5.41, 5.74) is 5.60. The summed E-state index contributed by atoms with van der Waals surface area (Å²) in [5, 5.41) is 13.8. The van der Waals surface area contributed by atoms with E-state index in [4.69, 9.17) is 0 Å². The first-order valence-corrected chi connectivity index (χ1v) is 6.70. The summed E-state index contributed by atoms with van der Waals surface area (Å²) in [6, 6.07) is 18.1. The molecule has 0 atom stereocenters. The number of aromatic nitrogens is 2. The van der Waals surface area contributed by atoms with Crippen LogP contribution in [0.5, 0.6) is 0 Å². The predicted molar refractivity (Wildman–Crippen MR) is 82.4 cm³/mol. The van der Waals surface area contributed by atoms with Gasteiger partial charge in [0.25, 0.3) is 0 Å². The molecule has 3 rings (SSSR count). The van der Waals surface area contributed by atoms with E-state index in [9.17, 15) is 5.26 Å². The van der Waals surface area contributed by atoms with E-state index in [2.05, 4.69) is 23.4 Å². The Hall–Kier alpha value is -2.35. The molecular formula is C18H14CoN3-. The van der Waals surface area contributed by atoms with Crippen LogP contribution < -0.4 is 0 Å². The van der Waals surface area contributed by atoms with Crippen LogP contribution in [0.4, 0.5) is 0 Å². The molecule has 1 aromatic heterocycles. The van der Waals surface area contributed by atoms with Crippen LogP contribution >= 0.6 is 0 Å². The number of hydrogen-bond donors (Lipinski definition) is 0. The maximum atomic E-state index is 9.44. The van der Waals surface area contributed by atoms with E-state index >= 15 is 0 Å². The maximum Gasteiger partial charge on any atom is 0.0997 e. The van der Waals surface area contributed by atoms with Crippen molar-refractivity contribution < 1.29 is 16.8 Å². The van der Waals surface area contributed by atoms with E-state index in [1.165, 1.54) is 5.56 Å². The molecule has 0 saturated carbocycles. The van der Waals surface area contributed by atoms with Crippen LogP contribution in [0.15, 0.2) is 48.5 Å². The van der Waals surface area contributed by atoms with Gasteiger partial charge in [0.1, 0.15) is 0 Å². The Bertz CT molecular complexity index is 844. The van der Waals surface area contributed by atoms with Gasteiger partial charge in [-0.2, -0.15) is 11.3 Å². The maximum absolute atomic E-state index is 9.44. The molecule has 0 aliphatic rings. The SMILES string of the molecule is Cc1cccc(-c2ccc(-c3c[c-]n(C)n3)cc2C#N)c1.[Co]. The van der Waals surface area contributed by atoms with Gasteiger partial charge in [-0.3, -0.25) is 5.10 Å². The van der Waals surface area contributed by atoms with Gasteiger partial charge < -0.3 is 4.68 Å². The topological polar surface area (TPSA) is 41.6 Å². The molecule has 0 N–H and O–H groups in total. The summed E-state index contributed by atoms with van der Waals surface area (Å²) in [6.45, 7) is 2.05. The number of nitriles is 1. The molecule has 0 bridgehead atoms. The van der Waals surface area contributed by atoms with Gasteiger partial charge in [0.15, 0.2) is 0 Å². The Kier molecular flexibility index (Phi) is 4.81. The average Bonchev–Trinajstić information content (AvgIpc) is 2.93. The second-order valence-electron chi connectivity index (χ2n) is 5.02. The Morgan fingerprint density at radius 3 is 2.59 bits per heavy atom. The van der Waals surface area contributed by atoms with Crippen molar-refractivity contribution in [2.45, 2.75) is 6.92 Å². The summed E-state index contributed by atoms with van der Waals surface area (Å²) in [5.74, 6) is 0. The third kappa shape index (κ3) is 3.11. The van der Waals surface area contributed by atoms with Crippen LogP contribution in [0.3, 0.4) is 0 Å². The second-order valence-corrected chi connectivity index (χ2v) is 5.02. The third-order valence-corrected chi connectivity index (χ3v) is 3.41. The minimum absolute atomic E-state index is 0. The van der Waals surface area contributed by atoms with Crippen molar-refractivity contribution in [3.05, 3.63) is 65.9 Å². The van der Waals surface area contributed by atoms with Crippen LogP contribution in [0.2, 0.25) is 0 Å². The van der Waals surface area contributed by atoms with Crippen molar-refractivity contribution in [3.63, 3.8) is 0 Å². The fraction of sp³-hybridized carbons (Fsp3) is 0.111. The molecule has 0 aliphatic carbocycles. The van der Waals surface area contributed by atoms with E-state index in [-0.39, 0.29) is 16.8 Å². The molecule has 22 heavy (non-hydrogen) atoms. The number of hydrogen-bond acceptors (Lipinski definition) is 2. The molecule has 0 aliphatic heterocycles. The van der Waals surface area contributed by atoms with Crippen molar-refractivity contribution in [1.29, 1.82) is 5.26 Å². The van der Waals surface area contributed by atoms with Gasteiger partial charge in [-0.05, 0) is 18.1 Å². The summed E-state index contributed by atoms with van der Waals surface area (Å²) < 4.78 is 1.63. The largest absolute Gasteiger partial charge is 0.379 e. The Morgan fingerprint density at radius 2 is 1.95 bits per heavy atom. The van der Waals surface area contributed by atoms with Gasteiger partial charge >= 0.3 is 0 Å². The molecule has 0 saturated heterocycles. The molecule has 0 unspecified atom stereocenters. The molecule has 2 aromatic carbocycles. The second kappa shape index (κ2) is 6.61. The smallest absolute Gasteiger partial charge is 0.0997 e. The zero-order valence-electron chi connectivity index (χ0n) is 12.3. The average molecular weight is 331 g/mol. The first-order chi connectivity index (χ1) is 10.2. The summed E-state index contributed by atoms with van der Waals surface area (Å²) in [7, 11) is 1.83. The number of aryl methyl sites for hydroxylation is 2. The third-order valence-electron chi connectivity index (χ3n) is 3.41. The first kappa shape index (κ1) is 16.0. The predicted octanol–water partition coefficient (Wildman–Crippen LogP) is 3.73. The standard InChI is InChI=1S/C18H14N3.Co/c1-13-4-3-5-14(10-13)17-7-6-15(11-16(17)12-19)18-8-9-21(2)20-18;/h3-8,10-11H,1-2H3;/q-1;. The first-order valence-electron chi connectivity index (χ1n) is 6.70. The fourth-order valence-corrected chi connectivity index (χ4v) is 2.38. The molecule has 0 spiro atoms. The van der Waals surface area contributed by atoms with E-state index in [0.717, 1.165) is 22.4 Å². The molecule has 3 nitrogen and oxygen atoms in total. The minimum atomic E-state index is 0. The summed E-state index contributed by atoms with van der Waals surface area (Å²) in [6.07, 6.45) is 2.98. The van der Waals surface area contributed by atoms with Gasteiger partial charge in [0.05, 0.1) is 11.6 Å². The monoisotopic (exact) mass is 331 g/mol. The van der Waals surface area contributed by atoms with Gasteiger partial charge in [-0.25, -0.2) is 0 Å². The quantitative estimate of drug-likeness (QED) is 0.672. The summed E-state index contributed by atoms with van der Waals surface area (Å²) in [4.78, 5) is 0. The van der Waals surface area contributed by atoms with E-state index < -0.39 is 0 Å². The number of benzene rings is 2. The van der Waals surface area contributed by atoms with Crippen molar-refractivity contribution in [2.75, 3.05) is 0 Å². The van der Waals surface area contributed by atoms with Gasteiger partial charge in [0, 0.05) is 23.8 Å². The van der Waals surface area contributed by atoms with Crippen molar-refractivity contribution >= 4 is 0 Å². The van der Waals surface area contributed by atoms with Crippen molar-refractivity contribution in [1.82, 2.24) is 9.78 Å². The Labute approximate surface area is 140 Å². The van der Waals surface area contributed by atoms with Crippen LogP contribution in [-0.4, -0.2) is 9.78 Å². The molecule has 111 valence electrons. The number of nitrogens with zero attached hydrogens (tertiary/aromatic N) is 3. The van der Waals surface area contributed by atoms with E-state index in [1.54, 1.807) is 4.68 Å². The van der Waals surface area contributed by atoms with Crippen LogP contribution in [0.1, 0.15) is 11.1 Å². The zero-order valence-corrected chi connectivity index (χ0v) is 13.3. The van der Waals surface area contributed by atoms with Crippen molar-refractivity contribution in [3.8, 4) is 28.5 Å². The molecule has 0 amide bonds. The molecule has 0 fully saturated rings. The van der Waals surface area contributed by atoms with E-state index in [1.807, 2.05) is 56.4 Å². The minimum Gasteiger partial charge on any atom is -0.379 e. The van der Waals surface area contributed by atoms with Gasteiger partial charge in [-0.1, -0.05) is 59.3 Å². The molecular weight excluding hydrogens is 317 g/mol. The molecule has 1 radical (unpaired) electrons.